The van der Waals surface area contributed by atoms with E-state index in [2.05, 4.69) is 10.1 Å². The van der Waals surface area contributed by atoms with Crippen LogP contribution in [0.3, 0.4) is 0 Å². The number of hydrogen-bond acceptors (Lipinski definition) is 5. The normalized spacial score (nSPS) is 10.7. The second kappa shape index (κ2) is 4.27. The molecule has 0 aliphatic carbocycles. The zero-order chi connectivity index (χ0) is 12.5. The summed E-state index contributed by atoms with van der Waals surface area (Å²) >= 11 is 1.59. The maximum Gasteiger partial charge on any atom is 0.258 e. The van der Waals surface area contributed by atoms with Gasteiger partial charge in [-0.15, -0.1) is 11.3 Å². The molecule has 0 spiro atoms. The highest BCUT2D eigenvalue weighted by Gasteiger charge is 2.12. The largest absolute Gasteiger partial charge is 0.399 e. The number of thiophene rings is 1. The van der Waals surface area contributed by atoms with Crippen molar-refractivity contribution >= 4 is 17.0 Å². The van der Waals surface area contributed by atoms with Crippen LogP contribution >= 0.6 is 11.3 Å². The van der Waals surface area contributed by atoms with E-state index in [0.717, 1.165) is 21.7 Å². The van der Waals surface area contributed by atoms with Crippen LogP contribution in [0.5, 0.6) is 0 Å². The van der Waals surface area contributed by atoms with E-state index in [1.807, 2.05) is 42.6 Å². The molecule has 0 aliphatic rings. The van der Waals surface area contributed by atoms with Crippen LogP contribution in [0.4, 0.5) is 5.69 Å². The van der Waals surface area contributed by atoms with Crippen molar-refractivity contribution in [1.29, 1.82) is 0 Å². The molecule has 2 heterocycles. The molecular weight excluding hydrogens is 246 g/mol. The van der Waals surface area contributed by atoms with Gasteiger partial charge in [0.05, 0.1) is 4.88 Å². The number of aromatic nitrogens is 2. The molecule has 0 radical (unpaired) electrons. The van der Waals surface area contributed by atoms with Crippen molar-refractivity contribution in [1.82, 2.24) is 10.1 Å². The number of nitrogens with two attached hydrogens (primary N) is 1. The standard InChI is InChI=1S/C13H11N3OS/c1-8-7-9(14)4-5-10(8)13-15-12(16-17-13)11-3-2-6-18-11/h2-7H,14H2,1H3. The van der Waals surface area contributed by atoms with E-state index in [4.69, 9.17) is 10.3 Å². The number of anilines is 1. The molecule has 0 unspecified atom stereocenters. The molecule has 0 atom stereocenters. The zero-order valence-corrected chi connectivity index (χ0v) is 10.6. The Morgan fingerprint density at radius 1 is 1.28 bits per heavy atom. The van der Waals surface area contributed by atoms with Crippen LogP contribution in [0.25, 0.3) is 22.2 Å². The Kier molecular flexibility index (Phi) is 2.60. The van der Waals surface area contributed by atoms with Crippen molar-refractivity contribution in [3.63, 3.8) is 0 Å². The summed E-state index contributed by atoms with van der Waals surface area (Å²) in [6.07, 6.45) is 0. The summed E-state index contributed by atoms with van der Waals surface area (Å²) in [5.41, 5.74) is 8.39. The lowest BCUT2D eigenvalue weighted by atomic mass is 10.1. The first kappa shape index (κ1) is 11.0. The van der Waals surface area contributed by atoms with Crippen molar-refractivity contribution in [2.75, 3.05) is 5.73 Å². The summed E-state index contributed by atoms with van der Waals surface area (Å²) in [6.45, 7) is 1.97. The minimum atomic E-state index is 0.524. The average molecular weight is 257 g/mol. The van der Waals surface area contributed by atoms with E-state index in [1.165, 1.54) is 0 Å². The molecule has 4 nitrogen and oxygen atoms in total. The van der Waals surface area contributed by atoms with Gasteiger partial charge in [0.2, 0.25) is 5.82 Å². The van der Waals surface area contributed by atoms with E-state index in [0.29, 0.717) is 11.7 Å². The molecule has 0 saturated carbocycles. The SMILES string of the molecule is Cc1cc(N)ccc1-c1nc(-c2cccs2)no1. The Morgan fingerprint density at radius 2 is 2.17 bits per heavy atom. The smallest absolute Gasteiger partial charge is 0.258 e. The van der Waals surface area contributed by atoms with Crippen LogP contribution in [0, 0.1) is 6.92 Å². The molecule has 1 aromatic carbocycles. The Labute approximate surface area is 108 Å². The van der Waals surface area contributed by atoms with E-state index in [1.54, 1.807) is 11.3 Å². The van der Waals surface area contributed by atoms with Crippen molar-refractivity contribution in [3.05, 3.63) is 41.3 Å². The van der Waals surface area contributed by atoms with Crippen LogP contribution in [-0.4, -0.2) is 10.1 Å². The van der Waals surface area contributed by atoms with Crippen LogP contribution in [0.1, 0.15) is 5.56 Å². The van der Waals surface area contributed by atoms with Gasteiger partial charge in [-0.1, -0.05) is 11.2 Å². The first-order valence-corrected chi connectivity index (χ1v) is 6.36. The number of nitrogen functional groups attached to an aromatic ring is 1. The third-order valence-electron chi connectivity index (χ3n) is 2.65. The van der Waals surface area contributed by atoms with Gasteiger partial charge in [0.25, 0.3) is 5.89 Å². The van der Waals surface area contributed by atoms with Gasteiger partial charge >= 0.3 is 0 Å². The molecule has 3 rings (SSSR count). The summed E-state index contributed by atoms with van der Waals surface area (Å²) in [6, 6.07) is 9.55. The molecule has 0 saturated heterocycles. The summed E-state index contributed by atoms with van der Waals surface area (Å²) in [4.78, 5) is 5.40. The Bertz CT molecular complexity index is 673. The summed E-state index contributed by atoms with van der Waals surface area (Å²) < 4.78 is 5.30. The highest BCUT2D eigenvalue weighted by molar-refractivity contribution is 7.13. The van der Waals surface area contributed by atoms with Gasteiger partial charge in [-0.05, 0) is 42.1 Å². The van der Waals surface area contributed by atoms with Gasteiger partial charge in [0, 0.05) is 11.3 Å². The van der Waals surface area contributed by atoms with Crippen molar-refractivity contribution in [2.24, 2.45) is 0 Å². The summed E-state index contributed by atoms with van der Waals surface area (Å²) in [5.74, 6) is 1.15. The maximum atomic E-state index is 5.72. The van der Waals surface area contributed by atoms with E-state index in [-0.39, 0.29) is 0 Å². The molecule has 0 aliphatic heterocycles. The van der Waals surface area contributed by atoms with Gasteiger partial charge in [-0.2, -0.15) is 4.98 Å². The Morgan fingerprint density at radius 3 is 2.89 bits per heavy atom. The molecular formula is C13H11N3OS. The molecule has 0 bridgehead atoms. The minimum absolute atomic E-state index is 0.524. The molecule has 2 aromatic heterocycles. The van der Waals surface area contributed by atoms with Gasteiger partial charge in [-0.25, -0.2) is 0 Å². The lowest BCUT2D eigenvalue weighted by Gasteiger charge is -2.00. The van der Waals surface area contributed by atoms with Gasteiger partial charge in [0.15, 0.2) is 0 Å². The highest BCUT2D eigenvalue weighted by Crippen LogP contribution is 2.27. The van der Waals surface area contributed by atoms with Gasteiger partial charge in [-0.3, -0.25) is 0 Å². The Hall–Kier alpha value is -2.14. The van der Waals surface area contributed by atoms with Crippen LogP contribution in [0.15, 0.2) is 40.2 Å². The van der Waals surface area contributed by atoms with Gasteiger partial charge in [0.1, 0.15) is 0 Å². The fourth-order valence-corrected chi connectivity index (χ4v) is 2.41. The van der Waals surface area contributed by atoms with Crippen LogP contribution in [-0.2, 0) is 0 Å². The topological polar surface area (TPSA) is 64.9 Å². The number of nitrogens with zero attached hydrogens (tertiary/aromatic N) is 2. The zero-order valence-electron chi connectivity index (χ0n) is 9.75. The lowest BCUT2D eigenvalue weighted by Crippen LogP contribution is -1.88. The first-order valence-electron chi connectivity index (χ1n) is 5.48. The molecule has 18 heavy (non-hydrogen) atoms. The molecule has 90 valence electrons. The van der Waals surface area contributed by atoms with Crippen molar-refractivity contribution in [3.8, 4) is 22.2 Å². The predicted molar refractivity (Wildman–Crippen MR) is 72.2 cm³/mol. The predicted octanol–water partition coefficient (Wildman–Crippen LogP) is 3.36. The number of rotatable bonds is 2. The number of aryl methyl sites for hydroxylation is 1. The third-order valence-corrected chi connectivity index (χ3v) is 3.51. The Balaban J connectivity index is 2.03. The fourth-order valence-electron chi connectivity index (χ4n) is 1.77. The highest BCUT2D eigenvalue weighted by atomic mass is 32.1. The third kappa shape index (κ3) is 1.89. The average Bonchev–Trinajstić information content (AvgIpc) is 2.99. The summed E-state index contributed by atoms with van der Waals surface area (Å²) in [5, 5.41) is 5.98. The van der Waals surface area contributed by atoms with E-state index < -0.39 is 0 Å². The van der Waals surface area contributed by atoms with Crippen molar-refractivity contribution in [2.45, 2.75) is 6.92 Å². The van der Waals surface area contributed by atoms with Crippen LogP contribution < -0.4 is 5.73 Å². The van der Waals surface area contributed by atoms with Crippen molar-refractivity contribution < 1.29 is 4.52 Å². The molecule has 0 fully saturated rings. The minimum Gasteiger partial charge on any atom is -0.399 e. The van der Waals surface area contributed by atoms with E-state index in [9.17, 15) is 0 Å². The first-order chi connectivity index (χ1) is 8.74. The monoisotopic (exact) mass is 257 g/mol. The maximum absolute atomic E-state index is 5.72. The summed E-state index contributed by atoms with van der Waals surface area (Å²) in [7, 11) is 0. The fraction of sp³-hybridized carbons (Fsp3) is 0.0769. The van der Waals surface area contributed by atoms with Gasteiger partial charge < -0.3 is 10.3 Å². The molecule has 3 aromatic rings. The van der Waals surface area contributed by atoms with E-state index >= 15 is 0 Å². The second-order valence-corrected chi connectivity index (χ2v) is 4.92. The molecule has 0 amide bonds. The second-order valence-electron chi connectivity index (χ2n) is 3.97. The molecule has 5 heteroatoms. The lowest BCUT2D eigenvalue weighted by molar-refractivity contribution is 0.432. The number of hydrogen-bond donors (Lipinski definition) is 1. The van der Waals surface area contributed by atoms with Crippen LogP contribution in [0.2, 0.25) is 0 Å². The molecule has 2 N–H and O–H groups in total. The number of benzene rings is 1. The quantitative estimate of drug-likeness (QED) is 0.715.